The molecular weight excluding hydrogens is 268 g/mol. The van der Waals surface area contributed by atoms with E-state index >= 15 is 0 Å². The van der Waals surface area contributed by atoms with Crippen LogP contribution in [-0.4, -0.2) is 23.6 Å². The second-order valence-electron chi connectivity index (χ2n) is 4.22. The Balaban J connectivity index is 2.20. The molecule has 0 atom stereocenters. The van der Waals surface area contributed by atoms with Gasteiger partial charge in [-0.2, -0.15) is 10.2 Å². The van der Waals surface area contributed by atoms with Crippen molar-refractivity contribution in [3.63, 3.8) is 0 Å². The lowest BCUT2D eigenvalue weighted by Gasteiger charge is -2.10. The van der Waals surface area contributed by atoms with Crippen molar-refractivity contribution >= 4 is 5.95 Å². The van der Waals surface area contributed by atoms with Crippen molar-refractivity contribution in [1.82, 2.24) is 9.97 Å². The smallest absolute Gasteiger partial charge is 0.225 e. The second kappa shape index (κ2) is 7.10. The zero-order chi connectivity index (χ0) is 15.1. The molecule has 6 nitrogen and oxygen atoms in total. The normalized spacial score (nSPS) is 9.76. The van der Waals surface area contributed by atoms with Crippen molar-refractivity contribution in [2.24, 2.45) is 0 Å². The first-order chi connectivity index (χ1) is 10.3. The molecule has 2 aromatic rings. The van der Waals surface area contributed by atoms with E-state index < -0.39 is 0 Å². The maximum absolute atomic E-state index is 8.88. The minimum absolute atomic E-state index is 0.409. The van der Waals surface area contributed by atoms with Crippen LogP contribution >= 0.6 is 0 Å². The van der Waals surface area contributed by atoms with Gasteiger partial charge in [-0.25, -0.2) is 4.98 Å². The number of anilines is 1. The van der Waals surface area contributed by atoms with Gasteiger partial charge in [-0.3, -0.25) is 0 Å². The Kier molecular flexibility index (Phi) is 4.94. The van der Waals surface area contributed by atoms with Crippen LogP contribution in [-0.2, 0) is 0 Å². The number of methoxy groups -OCH3 is 1. The summed E-state index contributed by atoms with van der Waals surface area (Å²) in [6, 6.07) is 8.67. The summed E-state index contributed by atoms with van der Waals surface area (Å²) in [5, 5.41) is 12.0. The molecule has 0 fully saturated rings. The van der Waals surface area contributed by atoms with Gasteiger partial charge in [-0.1, -0.05) is 6.92 Å². The van der Waals surface area contributed by atoms with Gasteiger partial charge in [-0.15, -0.1) is 0 Å². The molecule has 0 bridgehead atoms. The van der Waals surface area contributed by atoms with Gasteiger partial charge in [0, 0.05) is 24.9 Å². The van der Waals surface area contributed by atoms with Crippen LogP contribution in [0.25, 0.3) is 0 Å². The number of nitrogens with one attached hydrogen (secondary N) is 1. The van der Waals surface area contributed by atoms with Gasteiger partial charge in [0.25, 0.3) is 0 Å². The van der Waals surface area contributed by atoms with Crippen molar-refractivity contribution in [3.8, 4) is 23.4 Å². The van der Waals surface area contributed by atoms with Gasteiger partial charge < -0.3 is 14.8 Å². The lowest BCUT2D eigenvalue weighted by molar-refractivity contribution is 0.374. The van der Waals surface area contributed by atoms with Gasteiger partial charge in [0.05, 0.1) is 18.7 Å². The summed E-state index contributed by atoms with van der Waals surface area (Å²) in [6.45, 7) is 2.86. The SMILES string of the molecule is CCCNc1nccc(Oc2ccc(C#N)cc2OC)n1. The fourth-order valence-electron chi connectivity index (χ4n) is 1.66. The molecule has 0 unspecified atom stereocenters. The number of aromatic nitrogens is 2. The fourth-order valence-corrected chi connectivity index (χ4v) is 1.66. The highest BCUT2D eigenvalue weighted by Crippen LogP contribution is 2.31. The van der Waals surface area contributed by atoms with E-state index in [1.165, 1.54) is 7.11 Å². The van der Waals surface area contributed by atoms with Crippen LogP contribution < -0.4 is 14.8 Å². The first-order valence-corrected chi connectivity index (χ1v) is 6.59. The van der Waals surface area contributed by atoms with E-state index in [0.29, 0.717) is 28.9 Å². The quantitative estimate of drug-likeness (QED) is 0.878. The Morgan fingerprint density at radius 1 is 1.29 bits per heavy atom. The van der Waals surface area contributed by atoms with Gasteiger partial charge >= 0.3 is 0 Å². The Labute approximate surface area is 123 Å². The van der Waals surface area contributed by atoms with Crippen LogP contribution in [0.2, 0.25) is 0 Å². The minimum atomic E-state index is 0.409. The van der Waals surface area contributed by atoms with Crippen molar-refractivity contribution < 1.29 is 9.47 Å². The lowest BCUT2D eigenvalue weighted by Crippen LogP contribution is -2.04. The summed E-state index contributed by atoms with van der Waals surface area (Å²) >= 11 is 0. The van der Waals surface area contributed by atoms with Crippen LogP contribution in [0.15, 0.2) is 30.5 Å². The van der Waals surface area contributed by atoms with E-state index in [0.717, 1.165) is 13.0 Å². The Morgan fingerprint density at radius 2 is 2.14 bits per heavy atom. The summed E-state index contributed by atoms with van der Waals surface area (Å²) in [4.78, 5) is 8.37. The molecule has 0 saturated carbocycles. The Hall–Kier alpha value is -2.81. The largest absolute Gasteiger partial charge is 0.493 e. The molecule has 2 rings (SSSR count). The van der Waals surface area contributed by atoms with Crippen molar-refractivity contribution in [3.05, 3.63) is 36.0 Å². The molecular formula is C15H16N4O2. The van der Waals surface area contributed by atoms with Crippen LogP contribution in [0.5, 0.6) is 17.4 Å². The number of nitrogens with zero attached hydrogens (tertiary/aromatic N) is 3. The summed E-state index contributed by atoms with van der Waals surface area (Å²) in [5.41, 5.74) is 0.507. The van der Waals surface area contributed by atoms with Crippen molar-refractivity contribution in [2.75, 3.05) is 19.0 Å². The molecule has 21 heavy (non-hydrogen) atoms. The number of rotatable bonds is 6. The van der Waals surface area contributed by atoms with E-state index in [1.54, 1.807) is 30.5 Å². The van der Waals surface area contributed by atoms with Crippen LogP contribution in [0.1, 0.15) is 18.9 Å². The number of hydrogen-bond acceptors (Lipinski definition) is 6. The standard InChI is InChI=1S/C15H16N4O2/c1-3-7-17-15-18-8-6-14(19-15)21-12-5-4-11(10-16)9-13(12)20-2/h4-6,8-9H,3,7H2,1-2H3,(H,17,18,19). The Bertz CT molecular complexity index is 652. The molecule has 108 valence electrons. The predicted molar refractivity (Wildman–Crippen MR) is 78.6 cm³/mol. The van der Waals surface area contributed by atoms with E-state index in [2.05, 4.69) is 28.3 Å². The lowest BCUT2D eigenvalue weighted by atomic mass is 10.2. The number of benzene rings is 1. The van der Waals surface area contributed by atoms with Crippen LogP contribution in [0.4, 0.5) is 5.95 Å². The third kappa shape index (κ3) is 3.83. The summed E-state index contributed by atoms with van der Waals surface area (Å²) in [7, 11) is 1.53. The van der Waals surface area contributed by atoms with Crippen LogP contribution in [0.3, 0.4) is 0 Å². The highest BCUT2D eigenvalue weighted by molar-refractivity contribution is 5.48. The molecule has 0 amide bonds. The zero-order valence-electron chi connectivity index (χ0n) is 12.0. The molecule has 0 saturated heterocycles. The first-order valence-electron chi connectivity index (χ1n) is 6.59. The van der Waals surface area contributed by atoms with Gasteiger partial charge in [0.2, 0.25) is 11.8 Å². The number of nitriles is 1. The van der Waals surface area contributed by atoms with Crippen LogP contribution in [0, 0.1) is 11.3 Å². The van der Waals surface area contributed by atoms with Gasteiger partial charge in [0.15, 0.2) is 11.5 Å². The van der Waals surface area contributed by atoms with Crippen molar-refractivity contribution in [1.29, 1.82) is 5.26 Å². The zero-order valence-corrected chi connectivity index (χ0v) is 12.0. The molecule has 0 spiro atoms. The molecule has 1 heterocycles. The highest BCUT2D eigenvalue weighted by atomic mass is 16.5. The highest BCUT2D eigenvalue weighted by Gasteiger charge is 2.08. The average molecular weight is 284 g/mol. The molecule has 1 aromatic carbocycles. The predicted octanol–water partition coefficient (Wildman–Crippen LogP) is 2.97. The molecule has 0 aliphatic heterocycles. The third-order valence-electron chi connectivity index (χ3n) is 2.67. The first kappa shape index (κ1) is 14.6. The number of ether oxygens (including phenoxy) is 2. The maximum Gasteiger partial charge on any atom is 0.225 e. The summed E-state index contributed by atoms with van der Waals surface area (Å²) < 4.78 is 10.9. The van der Waals surface area contributed by atoms with E-state index in [1.807, 2.05) is 0 Å². The summed E-state index contributed by atoms with van der Waals surface area (Å²) in [6.07, 6.45) is 2.61. The van der Waals surface area contributed by atoms with E-state index in [-0.39, 0.29) is 0 Å². The van der Waals surface area contributed by atoms with Gasteiger partial charge in [0.1, 0.15) is 0 Å². The Morgan fingerprint density at radius 3 is 2.86 bits per heavy atom. The van der Waals surface area contributed by atoms with Crippen molar-refractivity contribution in [2.45, 2.75) is 13.3 Å². The van der Waals surface area contributed by atoms with E-state index in [9.17, 15) is 0 Å². The molecule has 6 heteroatoms. The monoisotopic (exact) mass is 284 g/mol. The van der Waals surface area contributed by atoms with E-state index in [4.69, 9.17) is 14.7 Å². The molecule has 0 aliphatic carbocycles. The minimum Gasteiger partial charge on any atom is -0.493 e. The molecule has 0 aliphatic rings. The van der Waals surface area contributed by atoms with Gasteiger partial charge in [-0.05, 0) is 18.6 Å². The average Bonchev–Trinajstić information content (AvgIpc) is 2.53. The number of hydrogen-bond donors (Lipinski definition) is 1. The third-order valence-corrected chi connectivity index (χ3v) is 2.67. The maximum atomic E-state index is 8.88. The molecule has 0 radical (unpaired) electrons. The topological polar surface area (TPSA) is 80.1 Å². The molecule has 1 N–H and O–H groups in total. The summed E-state index contributed by atoms with van der Waals surface area (Å²) in [5.74, 6) is 1.90. The molecule has 1 aromatic heterocycles. The second-order valence-corrected chi connectivity index (χ2v) is 4.22. The fraction of sp³-hybridized carbons (Fsp3) is 0.267.